The van der Waals surface area contributed by atoms with Crippen LogP contribution in [0.15, 0.2) is 41.6 Å². The van der Waals surface area contributed by atoms with Gasteiger partial charge in [-0.3, -0.25) is 14.3 Å². The predicted octanol–water partition coefficient (Wildman–Crippen LogP) is 2.12. The summed E-state index contributed by atoms with van der Waals surface area (Å²) < 4.78 is 7.07. The molecule has 1 fully saturated rings. The SMILES string of the molecule is CC(C)c1nc(CN(C)C2CCN(C(=O)c3ccnc(-n4ccnc4)c3)C2)no1. The zero-order valence-corrected chi connectivity index (χ0v) is 16.9. The summed E-state index contributed by atoms with van der Waals surface area (Å²) in [5, 5.41) is 4.06. The second kappa shape index (κ2) is 8.12. The van der Waals surface area contributed by atoms with E-state index in [-0.39, 0.29) is 17.9 Å². The van der Waals surface area contributed by atoms with E-state index in [1.54, 1.807) is 41.6 Å². The molecule has 0 spiro atoms. The molecule has 0 saturated carbocycles. The molecule has 3 aromatic heterocycles. The fourth-order valence-electron chi connectivity index (χ4n) is 3.47. The van der Waals surface area contributed by atoms with Crippen LogP contribution in [0.3, 0.4) is 0 Å². The van der Waals surface area contributed by atoms with Gasteiger partial charge in [-0.25, -0.2) is 9.97 Å². The fourth-order valence-corrected chi connectivity index (χ4v) is 3.47. The third kappa shape index (κ3) is 4.19. The molecule has 1 unspecified atom stereocenters. The van der Waals surface area contributed by atoms with Crippen LogP contribution in [-0.4, -0.2) is 66.6 Å². The minimum atomic E-state index is 0.0197. The highest BCUT2D eigenvalue weighted by molar-refractivity contribution is 5.94. The van der Waals surface area contributed by atoms with E-state index < -0.39 is 0 Å². The molecule has 29 heavy (non-hydrogen) atoms. The third-order valence-corrected chi connectivity index (χ3v) is 5.20. The molecule has 3 aromatic rings. The molecule has 9 nitrogen and oxygen atoms in total. The zero-order chi connectivity index (χ0) is 20.4. The lowest BCUT2D eigenvalue weighted by Crippen LogP contribution is -2.36. The van der Waals surface area contributed by atoms with Gasteiger partial charge in [0.2, 0.25) is 5.89 Å². The first kappa shape index (κ1) is 19.3. The van der Waals surface area contributed by atoms with Crippen LogP contribution in [0.5, 0.6) is 0 Å². The summed E-state index contributed by atoms with van der Waals surface area (Å²) in [4.78, 5) is 29.9. The average Bonchev–Trinajstić information content (AvgIpc) is 3.48. The summed E-state index contributed by atoms with van der Waals surface area (Å²) in [6.07, 6.45) is 7.73. The average molecular weight is 395 g/mol. The molecular formula is C20H25N7O2. The van der Waals surface area contributed by atoms with Gasteiger partial charge in [0.05, 0.1) is 6.54 Å². The van der Waals surface area contributed by atoms with Crippen LogP contribution in [-0.2, 0) is 6.54 Å². The number of aromatic nitrogens is 5. The van der Waals surface area contributed by atoms with E-state index in [2.05, 4.69) is 25.0 Å². The standard InChI is InChI=1S/C20H25N7O2/c1-14(2)19-23-17(24-29-19)12-25(3)16-5-8-26(11-16)20(28)15-4-6-22-18(10-15)27-9-7-21-13-27/h4,6-7,9-10,13-14,16H,5,8,11-12H2,1-3H3. The Morgan fingerprint density at radius 1 is 1.38 bits per heavy atom. The minimum Gasteiger partial charge on any atom is -0.339 e. The van der Waals surface area contributed by atoms with Crippen molar-refractivity contribution in [1.82, 2.24) is 34.5 Å². The maximum Gasteiger partial charge on any atom is 0.254 e. The van der Waals surface area contributed by atoms with Crippen molar-refractivity contribution in [2.45, 2.75) is 38.8 Å². The van der Waals surface area contributed by atoms with Gasteiger partial charge >= 0.3 is 0 Å². The van der Waals surface area contributed by atoms with Gasteiger partial charge in [-0.1, -0.05) is 19.0 Å². The van der Waals surface area contributed by atoms with Gasteiger partial charge in [0.15, 0.2) is 5.82 Å². The molecule has 0 bridgehead atoms. The number of nitrogens with zero attached hydrogens (tertiary/aromatic N) is 7. The summed E-state index contributed by atoms with van der Waals surface area (Å²) in [6, 6.07) is 3.82. The first-order valence-electron chi connectivity index (χ1n) is 9.77. The zero-order valence-electron chi connectivity index (χ0n) is 16.9. The predicted molar refractivity (Wildman–Crippen MR) is 106 cm³/mol. The van der Waals surface area contributed by atoms with Crippen molar-refractivity contribution in [2.24, 2.45) is 0 Å². The van der Waals surface area contributed by atoms with Crippen LogP contribution in [0, 0.1) is 0 Å². The van der Waals surface area contributed by atoms with Crippen LogP contribution in [0.25, 0.3) is 5.82 Å². The lowest BCUT2D eigenvalue weighted by molar-refractivity contribution is 0.0779. The lowest BCUT2D eigenvalue weighted by atomic mass is 10.2. The van der Waals surface area contributed by atoms with Gasteiger partial charge in [-0.05, 0) is 25.6 Å². The monoisotopic (exact) mass is 395 g/mol. The van der Waals surface area contributed by atoms with Crippen molar-refractivity contribution in [3.8, 4) is 5.82 Å². The Morgan fingerprint density at radius 2 is 2.24 bits per heavy atom. The Hall–Kier alpha value is -3.07. The van der Waals surface area contributed by atoms with Crippen molar-refractivity contribution < 1.29 is 9.32 Å². The molecule has 9 heteroatoms. The number of pyridine rings is 1. The Morgan fingerprint density at radius 3 is 2.97 bits per heavy atom. The maximum atomic E-state index is 13.0. The number of carbonyl (C=O) groups excluding carboxylic acids is 1. The molecule has 4 rings (SSSR count). The van der Waals surface area contributed by atoms with Crippen molar-refractivity contribution in [2.75, 3.05) is 20.1 Å². The Labute approximate surface area is 169 Å². The molecular weight excluding hydrogens is 370 g/mol. The van der Waals surface area contributed by atoms with Gasteiger partial charge in [-0.2, -0.15) is 4.98 Å². The smallest absolute Gasteiger partial charge is 0.254 e. The van der Waals surface area contributed by atoms with E-state index in [1.165, 1.54) is 0 Å². The number of rotatable bonds is 6. The third-order valence-electron chi connectivity index (χ3n) is 5.20. The van der Waals surface area contributed by atoms with E-state index in [4.69, 9.17) is 4.52 Å². The van der Waals surface area contributed by atoms with Crippen molar-refractivity contribution in [1.29, 1.82) is 0 Å². The first-order chi connectivity index (χ1) is 14.0. The van der Waals surface area contributed by atoms with Gasteiger partial charge in [0.1, 0.15) is 12.1 Å². The van der Waals surface area contributed by atoms with Crippen LogP contribution in [0.4, 0.5) is 0 Å². The summed E-state index contributed by atoms with van der Waals surface area (Å²) in [5.41, 5.74) is 0.631. The molecule has 0 aromatic carbocycles. The quantitative estimate of drug-likeness (QED) is 0.631. The number of likely N-dealkylation sites (N-methyl/N-ethyl adjacent to an activating group) is 1. The minimum absolute atomic E-state index is 0.0197. The largest absolute Gasteiger partial charge is 0.339 e. The second-order valence-electron chi connectivity index (χ2n) is 7.68. The van der Waals surface area contributed by atoms with Crippen LogP contribution in [0.1, 0.15) is 48.3 Å². The number of hydrogen-bond acceptors (Lipinski definition) is 7. The molecule has 1 amide bonds. The molecule has 1 atom stereocenters. The normalized spacial score (nSPS) is 16.9. The van der Waals surface area contributed by atoms with Crippen molar-refractivity contribution in [3.63, 3.8) is 0 Å². The molecule has 0 aliphatic carbocycles. The number of hydrogen-bond donors (Lipinski definition) is 0. The molecule has 1 aliphatic rings. The molecule has 4 heterocycles. The first-order valence-corrected chi connectivity index (χ1v) is 9.77. The van der Waals surface area contributed by atoms with Gasteiger partial charge in [-0.15, -0.1) is 0 Å². The molecule has 1 aliphatic heterocycles. The number of carbonyl (C=O) groups is 1. The van der Waals surface area contributed by atoms with Crippen molar-refractivity contribution >= 4 is 5.91 Å². The van der Waals surface area contributed by atoms with Crippen molar-refractivity contribution in [3.05, 3.63) is 54.3 Å². The Balaban J connectivity index is 1.39. The fraction of sp³-hybridized carbons (Fsp3) is 0.450. The summed E-state index contributed by atoms with van der Waals surface area (Å²) in [6.45, 7) is 6.05. The number of imidazole rings is 1. The maximum absolute atomic E-state index is 13.0. The topological polar surface area (TPSA) is 93.2 Å². The summed E-state index contributed by atoms with van der Waals surface area (Å²) >= 11 is 0. The molecule has 0 radical (unpaired) electrons. The highest BCUT2D eigenvalue weighted by Gasteiger charge is 2.30. The number of amides is 1. The molecule has 0 N–H and O–H groups in total. The van der Waals surface area contributed by atoms with Crippen LogP contribution >= 0.6 is 0 Å². The molecule has 152 valence electrons. The van der Waals surface area contributed by atoms with Gasteiger partial charge in [0.25, 0.3) is 5.91 Å². The highest BCUT2D eigenvalue weighted by atomic mass is 16.5. The van der Waals surface area contributed by atoms with Crippen LogP contribution < -0.4 is 0 Å². The Bertz CT molecular complexity index is 967. The highest BCUT2D eigenvalue weighted by Crippen LogP contribution is 2.20. The van der Waals surface area contributed by atoms with E-state index in [0.717, 1.165) is 13.0 Å². The second-order valence-corrected chi connectivity index (χ2v) is 7.68. The number of likely N-dealkylation sites (tertiary alicyclic amines) is 1. The van der Waals surface area contributed by atoms with E-state index in [9.17, 15) is 4.79 Å². The van der Waals surface area contributed by atoms with E-state index in [0.29, 0.717) is 36.2 Å². The lowest BCUT2D eigenvalue weighted by Gasteiger charge is -2.23. The van der Waals surface area contributed by atoms with Gasteiger partial charge < -0.3 is 9.42 Å². The summed E-state index contributed by atoms with van der Waals surface area (Å²) in [5.74, 6) is 2.25. The summed E-state index contributed by atoms with van der Waals surface area (Å²) in [7, 11) is 2.04. The van der Waals surface area contributed by atoms with E-state index in [1.807, 2.05) is 25.8 Å². The van der Waals surface area contributed by atoms with Crippen LogP contribution in [0.2, 0.25) is 0 Å². The Kier molecular flexibility index (Phi) is 5.39. The van der Waals surface area contributed by atoms with Gasteiger partial charge in [0, 0.05) is 49.2 Å². The molecule has 1 saturated heterocycles. The van der Waals surface area contributed by atoms with E-state index >= 15 is 0 Å².